The number of hydrogen-bond donors (Lipinski definition) is 2. The Morgan fingerprint density at radius 3 is 2.21 bits per heavy atom. The number of ether oxygens (including phenoxy) is 3. The molecule has 1 aromatic carbocycles. The van der Waals surface area contributed by atoms with Crippen LogP contribution in [0, 0.1) is 5.41 Å². The average Bonchev–Trinajstić information content (AvgIpc) is 3.26. The van der Waals surface area contributed by atoms with Gasteiger partial charge in [-0.1, -0.05) is 6.07 Å². The monoisotopic (exact) mass is 599 g/mol. The minimum atomic E-state index is -0.988. The Labute approximate surface area is 253 Å². The third kappa shape index (κ3) is 7.79. The lowest BCUT2D eigenvalue weighted by atomic mass is 9.71. The Kier molecular flexibility index (Phi) is 10.8. The van der Waals surface area contributed by atoms with Gasteiger partial charge in [-0.3, -0.25) is 29.4 Å². The number of piperidine rings is 3. The van der Waals surface area contributed by atoms with Crippen molar-refractivity contribution in [3.63, 3.8) is 0 Å². The van der Waals surface area contributed by atoms with Crippen LogP contribution >= 0.6 is 0 Å². The number of nitrogens with zero attached hydrogens (tertiary/aromatic N) is 3. The fourth-order valence-corrected chi connectivity index (χ4v) is 6.50. The van der Waals surface area contributed by atoms with Gasteiger partial charge in [-0.2, -0.15) is 0 Å². The SMILES string of the molecule is CN1CCC2(CC1)CCN(CCOCCOCCOCCNc1cccc3c1C(=O)N(C1CCC(=O)NC1=O)C3=O)CC2. The number of carbonyl (C=O) groups is 4. The van der Waals surface area contributed by atoms with Crippen LogP contribution in [0.25, 0.3) is 0 Å². The fraction of sp³-hybridized carbons (Fsp3) is 0.677. The zero-order chi connectivity index (χ0) is 30.2. The van der Waals surface area contributed by atoms with E-state index in [2.05, 4.69) is 27.5 Å². The molecular weight excluding hydrogens is 554 g/mol. The molecule has 43 heavy (non-hydrogen) atoms. The van der Waals surface area contributed by atoms with Crippen molar-refractivity contribution in [2.45, 2.75) is 44.6 Å². The maximum atomic E-state index is 13.1. The molecule has 4 heterocycles. The summed E-state index contributed by atoms with van der Waals surface area (Å²) in [5.41, 5.74) is 1.57. The third-order valence-electron chi connectivity index (χ3n) is 9.29. The fourth-order valence-electron chi connectivity index (χ4n) is 6.50. The van der Waals surface area contributed by atoms with Gasteiger partial charge < -0.3 is 29.3 Å². The van der Waals surface area contributed by atoms with Crippen molar-refractivity contribution in [2.24, 2.45) is 5.41 Å². The molecule has 12 heteroatoms. The van der Waals surface area contributed by atoms with Gasteiger partial charge in [-0.25, -0.2) is 0 Å². The molecule has 1 unspecified atom stereocenters. The van der Waals surface area contributed by atoms with Gasteiger partial charge in [0.25, 0.3) is 11.8 Å². The van der Waals surface area contributed by atoms with Crippen molar-refractivity contribution in [1.29, 1.82) is 0 Å². The van der Waals surface area contributed by atoms with E-state index < -0.39 is 29.7 Å². The average molecular weight is 600 g/mol. The van der Waals surface area contributed by atoms with Gasteiger partial charge >= 0.3 is 0 Å². The zero-order valence-corrected chi connectivity index (χ0v) is 25.2. The Morgan fingerprint density at radius 2 is 1.51 bits per heavy atom. The number of amides is 4. The number of carbonyl (C=O) groups excluding carboxylic acids is 4. The molecule has 3 fully saturated rings. The summed E-state index contributed by atoms with van der Waals surface area (Å²) < 4.78 is 17.0. The Morgan fingerprint density at radius 1 is 0.860 bits per heavy atom. The molecule has 2 N–H and O–H groups in total. The summed E-state index contributed by atoms with van der Waals surface area (Å²) in [7, 11) is 2.23. The number of likely N-dealkylation sites (tertiary alicyclic amines) is 2. The summed E-state index contributed by atoms with van der Waals surface area (Å²) in [5, 5.41) is 5.37. The number of anilines is 1. The van der Waals surface area contributed by atoms with E-state index in [1.807, 2.05) is 0 Å². The van der Waals surface area contributed by atoms with Gasteiger partial charge in [0.2, 0.25) is 11.8 Å². The molecule has 0 radical (unpaired) electrons. The summed E-state index contributed by atoms with van der Waals surface area (Å²) in [6.45, 7) is 9.32. The molecule has 0 saturated carbocycles. The number of benzene rings is 1. The molecule has 1 atom stereocenters. The summed E-state index contributed by atoms with van der Waals surface area (Å²) >= 11 is 0. The first-order valence-electron chi connectivity index (χ1n) is 15.6. The summed E-state index contributed by atoms with van der Waals surface area (Å²) in [5.74, 6) is -2.09. The lowest BCUT2D eigenvalue weighted by Crippen LogP contribution is -2.54. The first-order valence-corrected chi connectivity index (χ1v) is 15.6. The maximum Gasteiger partial charge on any atom is 0.264 e. The van der Waals surface area contributed by atoms with Crippen LogP contribution in [0.2, 0.25) is 0 Å². The highest BCUT2D eigenvalue weighted by Crippen LogP contribution is 2.40. The van der Waals surface area contributed by atoms with E-state index in [0.717, 1.165) is 18.1 Å². The highest BCUT2D eigenvalue weighted by atomic mass is 16.5. The van der Waals surface area contributed by atoms with Gasteiger partial charge in [-0.15, -0.1) is 0 Å². The van der Waals surface area contributed by atoms with Crippen LogP contribution in [0.1, 0.15) is 59.2 Å². The predicted octanol–water partition coefficient (Wildman–Crippen LogP) is 1.36. The zero-order valence-electron chi connectivity index (χ0n) is 25.2. The lowest BCUT2D eigenvalue weighted by molar-refractivity contribution is -0.136. The number of imide groups is 2. The van der Waals surface area contributed by atoms with E-state index in [4.69, 9.17) is 14.2 Å². The van der Waals surface area contributed by atoms with Gasteiger partial charge in [0.05, 0.1) is 50.8 Å². The topological polar surface area (TPSA) is 130 Å². The van der Waals surface area contributed by atoms with Crippen molar-refractivity contribution >= 4 is 29.3 Å². The van der Waals surface area contributed by atoms with Gasteiger partial charge in [0, 0.05) is 25.2 Å². The molecule has 236 valence electrons. The number of nitrogens with one attached hydrogen (secondary N) is 2. The van der Waals surface area contributed by atoms with Gasteiger partial charge in [0.1, 0.15) is 6.04 Å². The van der Waals surface area contributed by atoms with Crippen LogP contribution < -0.4 is 10.6 Å². The number of fused-ring (bicyclic) bond motifs is 1. The highest BCUT2D eigenvalue weighted by molar-refractivity contribution is 6.25. The maximum absolute atomic E-state index is 13.1. The van der Waals surface area contributed by atoms with E-state index in [1.54, 1.807) is 18.2 Å². The largest absolute Gasteiger partial charge is 0.382 e. The molecular formula is C31H45N5O7. The Hall–Kier alpha value is -2.90. The number of hydrogen-bond acceptors (Lipinski definition) is 10. The molecule has 0 bridgehead atoms. The third-order valence-corrected chi connectivity index (χ3v) is 9.29. The minimum Gasteiger partial charge on any atom is -0.382 e. The first kappa shape index (κ1) is 31.5. The number of rotatable bonds is 14. The summed E-state index contributed by atoms with van der Waals surface area (Å²) in [6, 6.07) is 3.99. The van der Waals surface area contributed by atoms with Gasteiger partial charge in [0.15, 0.2) is 0 Å². The van der Waals surface area contributed by atoms with Crippen LogP contribution in [0.15, 0.2) is 18.2 Å². The molecule has 4 aliphatic rings. The molecule has 4 aliphatic heterocycles. The molecule has 0 aromatic heterocycles. The smallest absolute Gasteiger partial charge is 0.264 e. The van der Waals surface area contributed by atoms with Crippen molar-refractivity contribution in [3.05, 3.63) is 29.3 Å². The predicted molar refractivity (Wildman–Crippen MR) is 159 cm³/mol. The molecule has 1 aromatic rings. The quantitative estimate of drug-likeness (QED) is 0.239. The standard InChI is InChI=1S/C31H45N5O7/c1-34-12-7-31(8-13-34)9-14-35(15-10-31)16-18-42-20-22-43-21-19-41-17-11-32-24-4-2-3-23-27(24)30(40)36(29(23)39)25-5-6-26(37)33-28(25)38/h2-4,25,32H,5-22H2,1H3,(H,33,37,38). The van der Waals surface area contributed by atoms with Crippen LogP contribution in [-0.2, 0) is 23.8 Å². The Bertz CT molecular complexity index is 1160. The molecule has 12 nitrogen and oxygen atoms in total. The van der Waals surface area contributed by atoms with Crippen LogP contribution in [0.3, 0.4) is 0 Å². The second-order valence-electron chi connectivity index (χ2n) is 12.1. The first-order chi connectivity index (χ1) is 20.9. The summed E-state index contributed by atoms with van der Waals surface area (Å²) in [6.07, 6.45) is 5.52. The van der Waals surface area contributed by atoms with Crippen molar-refractivity contribution in [3.8, 4) is 0 Å². The second-order valence-corrected chi connectivity index (χ2v) is 12.1. The molecule has 5 rings (SSSR count). The van der Waals surface area contributed by atoms with E-state index in [0.29, 0.717) is 50.7 Å². The lowest BCUT2D eigenvalue weighted by Gasteiger charge is -2.46. The highest BCUT2D eigenvalue weighted by Gasteiger charge is 2.45. The van der Waals surface area contributed by atoms with Crippen molar-refractivity contribution in [1.82, 2.24) is 20.0 Å². The molecule has 0 aliphatic carbocycles. The van der Waals surface area contributed by atoms with E-state index >= 15 is 0 Å². The van der Waals surface area contributed by atoms with Crippen LogP contribution in [-0.4, -0.2) is 130 Å². The van der Waals surface area contributed by atoms with Crippen molar-refractivity contribution < 1.29 is 33.4 Å². The normalized spacial score (nSPS) is 22.7. The van der Waals surface area contributed by atoms with Gasteiger partial charge in [-0.05, 0) is 82.9 Å². The van der Waals surface area contributed by atoms with Crippen LogP contribution in [0.4, 0.5) is 5.69 Å². The Balaban J connectivity index is 0.903. The van der Waals surface area contributed by atoms with E-state index in [1.165, 1.54) is 51.9 Å². The summed E-state index contributed by atoms with van der Waals surface area (Å²) in [4.78, 5) is 55.8. The van der Waals surface area contributed by atoms with E-state index in [9.17, 15) is 19.2 Å². The molecule has 3 saturated heterocycles. The molecule has 4 amide bonds. The van der Waals surface area contributed by atoms with E-state index in [-0.39, 0.29) is 24.0 Å². The molecule has 1 spiro atoms. The van der Waals surface area contributed by atoms with Crippen molar-refractivity contribution in [2.75, 3.05) is 91.3 Å². The minimum absolute atomic E-state index is 0.0841. The van der Waals surface area contributed by atoms with Crippen LogP contribution in [0.5, 0.6) is 0 Å². The second kappa shape index (κ2) is 14.7.